The lowest BCUT2D eigenvalue weighted by Gasteiger charge is -2.10. The lowest BCUT2D eigenvalue weighted by molar-refractivity contribution is 0.0691. The Morgan fingerprint density at radius 3 is 1.90 bits per heavy atom. The highest BCUT2D eigenvalue weighted by Crippen LogP contribution is 2.22. The highest BCUT2D eigenvalue weighted by molar-refractivity contribution is 6.15. The van der Waals surface area contributed by atoms with E-state index in [0.717, 1.165) is 0 Å². The number of benzene rings is 2. The third-order valence-electron chi connectivity index (χ3n) is 3.19. The summed E-state index contributed by atoms with van der Waals surface area (Å²) in [4.78, 5) is 34.9. The second-order valence-electron chi connectivity index (χ2n) is 4.47. The molecule has 0 heterocycles. The zero-order valence-corrected chi connectivity index (χ0v) is 11.2. The second kappa shape index (κ2) is 5.58. The molecule has 0 atom stereocenters. The number of ketones is 1. The number of hydrogen-bond donors (Lipinski definition) is 2. The molecule has 0 saturated heterocycles. The van der Waals surface area contributed by atoms with Gasteiger partial charge < -0.3 is 10.2 Å². The molecule has 0 aromatic heterocycles. The smallest absolute Gasteiger partial charge is 0.336 e. The van der Waals surface area contributed by atoms with Crippen molar-refractivity contribution in [1.29, 1.82) is 0 Å². The Bertz CT molecular complexity index is 732. The van der Waals surface area contributed by atoms with Gasteiger partial charge in [-0.05, 0) is 24.6 Å². The van der Waals surface area contributed by atoms with Crippen LogP contribution >= 0.6 is 0 Å². The summed E-state index contributed by atoms with van der Waals surface area (Å²) in [5.41, 5.74) is -0.00350. The van der Waals surface area contributed by atoms with Crippen LogP contribution in [0.25, 0.3) is 0 Å². The van der Waals surface area contributed by atoms with Crippen molar-refractivity contribution in [2.75, 3.05) is 0 Å². The Labute approximate surface area is 120 Å². The summed E-state index contributed by atoms with van der Waals surface area (Å²) >= 11 is 0. The number of carbonyl (C=O) groups is 3. The van der Waals surface area contributed by atoms with E-state index in [2.05, 4.69) is 0 Å². The molecule has 0 spiro atoms. The molecule has 21 heavy (non-hydrogen) atoms. The lowest BCUT2D eigenvalue weighted by Crippen LogP contribution is -2.14. The Balaban J connectivity index is 2.65. The van der Waals surface area contributed by atoms with Crippen LogP contribution in [-0.4, -0.2) is 27.9 Å². The van der Waals surface area contributed by atoms with E-state index in [4.69, 9.17) is 5.11 Å². The van der Waals surface area contributed by atoms with Crippen molar-refractivity contribution < 1.29 is 24.6 Å². The fourth-order valence-corrected chi connectivity index (χ4v) is 2.15. The molecule has 0 aliphatic rings. The van der Waals surface area contributed by atoms with Gasteiger partial charge in [0.25, 0.3) is 0 Å². The van der Waals surface area contributed by atoms with E-state index in [1.807, 2.05) is 0 Å². The van der Waals surface area contributed by atoms with Crippen LogP contribution in [0.2, 0.25) is 0 Å². The summed E-state index contributed by atoms with van der Waals surface area (Å²) in [6.07, 6.45) is 0. The van der Waals surface area contributed by atoms with Crippen LogP contribution in [0.1, 0.15) is 42.2 Å². The first-order valence-corrected chi connectivity index (χ1v) is 6.13. The Morgan fingerprint density at radius 1 is 0.810 bits per heavy atom. The van der Waals surface area contributed by atoms with Crippen molar-refractivity contribution in [1.82, 2.24) is 0 Å². The lowest BCUT2D eigenvalue weighted by atomic mass is 9.92. The number of carboxylic acids is 2. The number of hydrogen-bond acceptors (Lipinski definition) is 3. The minimum absolute atomic E-state index is 0.0174. The summed E-state index contributed by atoms with van der Waals surface area (Å²) in [5.74, 6) is -3.00. The van der Waals surface area contributed by atoms with Gasteiger partial charge in [-0.1, -0.05) is 30.3 Å². The van der Waals surface area contributed by atoms with Crippen LogP contribution in [-0.2, 0) is 0 Å². The summed E-state index contributed by atoms with van der Waals surface area (Å²) in [5, 5.41) is 18.3. The highest BCUT2D eigenvalue weighted by Gasteiger charge is 2.23. The molecule has 2 aromatic rings. The molecule has 0 unspecified atom stereocenters. The summed E-state index contributed by atoms with van der Waals surface area (Å²) in [7, 11) is 0. The van der Waals surface area contributed by atoms with Crippen molar-refractivity contribution >= 4 is 17.7 Å². The minimum atomic E-state index is -1.32. The molecule has 0 radical (unpaired) electrons. The van der Waals surface area contributed by atoms with Crippen LogP contribution in [0.4, 0.5) is 0 Å². The normalized spacial score (nSPS) is 10.1. The van der Waals surface area contributed by atoms with Gasteiger partial charge in [-0.2, -0.15) is 0 Å². The number of carboxylic acid groups (broad SMARTS) is 2. The highest BCUT2D eigenvalue weighted by atomic mass is 16.4. The Morgan fingerprint density at radius 2 is 1.38 bits per heavy atom. The van der Waals surface area contributed by atoms with Crippen LogP contribution in [0.3, 0.4) is 0 Å². The van der Waals surface area contributed by atoms with Crippen molar-refractivity contribution in [3.05, 3.63) is 70.3 Å². The maximum absolute atomic E-state index is 12.4. The van der Waals surface area contributed by atoms with Crippen LogP contribution in [0, 0.1) is 6.92 Å². The number of rotatable bonds is 4. The molecule has 0 fully saturated rings. The van der Waals surface area contributed by atoms with Gasteiger partial charge in [-0.3, -0.25) is 4.79 Å². The summed E-state index contributed by atoms with van der Waals surface area (Å²) < 4.78 is 0. The summed E-state index contributed by atoms with van der Waals surface area (Å²) in [6.45, 7) is 1.38. The third kappa shape index (κ3) is 2.67. The SMILES string of the molecule is Cc1c(C(=O)O)ccc(C(=O)c2ccccc2)c1C(=O)O. The molecule has 5 heteroatoms. The van der Waals surface area contributed by atoms with Gasteiger partial charge in [-0.25, -0.2) is 9.59 Å². The molecular formula is C16H12O5. The van der Waals surface area contributed by atoms with Gasteiger partial charge in [0.1, 0.15) is 0 Å². The topological polar surface area (TPSA) is 91.7 Å². The van der Waals surface area contributed by atoms with Gasteiger partial charge in [0.05, 0.1) is 11.1 Å². The van der Waals surface area contributed by atoms with E-state index in [0.29, 0.717) is 5.56 Å². The number of aromatic carboxylic acids is 2. The molecule has 2 N–H and O–H groups in total. The van der Waals surface area contributed by atoms with Crippen molar-refractivity contribution in [3.63, 3.8) is 0 Å². The quantitative estimate of drug-likeness (QED) is 0.842. The van der Waals surface area contributed by atoms with Gasteiger partial charge in [-0.15, -0.1) is 0 Å². The third-order valence-corrected chi connectivity index (χ3v) is 3.19. The molecule has 0 aliphatic carbocycles. The maximum atomic E-state index is 12.4. The number of carbonyl (C=O) groups excluding carboxylic acids is 1. The molecule has 0 bridgehead atoms. The molecule has 0 amide bonds. The van der Waals surface area contributed by atoms with Crippen LogP contribution in [0.5, 0.6) is 0 Å². The maximum Gasteiger partial charge on any atom is 0.336 e. The predicted molar refractivity (Wildman–Crippen MR) is 75.0 cm³/mol. The van der Waals surface area contributed by atoms with Crippen LogP contribution in [0.15, 0.2) is 42.5 Å². The van der Waals surface area contributed by atoms with Crippen LogP contribution < -0.4 is 0 Å². The van der Waals surface area contributed by atoms with E-state index in [1.54, 1.807) is 30.3 Å². The fraction of sp³-hybridized carbons (Fsp3) is 0.0625. The largest absolute Gasteiger partial charge is 0.478 e. The Hall–Kier alpha value is -2.95. The molecule has 5 nitrogen and oxygen atoms in total. The average molecular weight is 284 g/mol. The van der Waals surface area contributed by atoms with Gasteiger partial charge >= 0.3 is 11.9 Å². The second-order valence-corrected chi connectivity index (χ2v) is 4.47. The van der Waals surface area contributed by atoms with Gasteiger partial charge in [0.15, 0.2) is 5.78 Å². The fourth-order valence-electron chi connectivity index (χ4n) is 2.15. The van der Waals surface area contributed by atoms with E-state index in [-0.39, 0.29) is 22.3 Å². The monoisotopic (exact) mass is 284 g/mol. The van der Waals surface area contributed by atoms with Gasteiger partial charge in [0.2, 0.25) is 0 Å². The standard InChI is InChI=1S/C16H12O5/c1-9-11(15(18)19)7-8-12(13(9)16(20)21)14(17)10-5-3-2-4-6-10/h2-8H,1H3,(H,18,19)(H,20,21). The van der Waals surface area contributed by atoms with E-state index >= 15 is 0 Å². The molecular weight excluding hydrogens is 272 g/mol. The van der Waals surface area contributed by atoms with E-state index in [9.17, 15) is 19.5 Å². The first kappa shape index (κ1) is 14.5. The minimum Gasteiger partial charge on any atom is -0.478 e. The van der Waals surface area contributed by atoms with Crippen molar-refractivity contribution in [2.24, 2.45) is 0 Å². The molecule has 2 rings (SSSR count). The molecule has 106 valence electrons. The zero-order valence-electron chi connectivity index (χ0n) is 11.2. The van der Waals surface area contributed by atoms with E-state index in [1.165, 1.54) is 19.1 Å². The summed E-state index contributed by atoms with van der Waals surface area (Å²) in [6, 6.07) is 10.7. The average Bonchev–Trinajstić information content (AvgIpc) is 2.46. The first-order chi connectivity index (χ1) is 9.93. The molecule has 0 aliphatic heterocycles. The zero-order chi connectivity index (χ0) is 15.6. The molecule has 0 saturated carbocycles. The van der Waals surface area contributed by atoms with Crippen molar-refractivity contribution in [2.45, 2.75) is 6.92 Å². The first-order valence-electron chi connectivity index (χ1n) is 6.13. The molecule has 2 aromatic carbocycles. The Kier molecular flexibility index (Phi) is 3.84. The van der Waals surface area contributed by atoms with Crippen molar-refractivity contribution in [3.8, 4) is 0 Å². The van der Waals surface area contributed by atoms with E-state index < -0.39 is 17.7 Å². The van der Waals surface area contributed by atoms with Gasteiger partial charge in [0, 0.05) is 11.1 Å². The predicted octanol–water partition coefficient (Wildman–Crippen LogP) is 2.62.